The van der Waals surface area contributed by atoms with Crippen molar-refractivity contribution in [1.82, 2.24) is 0 Å². The number of unbranched alkanes of at least 4 members (excludes halogenated alkanes) is 2. The Balaban J connectivity index is 4.82. The maximum absolute atomic E-state index is 11.2. The van der Waals surface area contributed by atoms with E-state index in [1.165, 1.54) is 0 Å². The summed E-state index contributed by atoms with van der Waals surface area (Å²) < 4.78 is 0. The second-order valence-electron chi connectivity index (χ2n) is 5.31. The molecule has 0 rings (SSSR count). The summed E-state index contributed by atoms with van der Waals surface area (Å²) in [5.74, 6) is -1.67. The van der Waals surface area contributed by atoms with E-state index in [2.05, 4.69) is 13.8 Å². The predicted molar refractivity (Wildman–Crippen MR) is 75.1 cm³/mol. The van der Waals surface area contributed by atoms with Gasteiger partial charge in [-0.05, 0) is 31.6 Å². The lowest BCUT2D eigenvalue weighted by molar-refractivity contribution is -0.136. The summed E-state index contributed by atoms with van der Waals surface area (Å²) in [7, 11) is 0. The molecule has 4 heteroatoms. The van der Waals surface area contributed by atoms with Gasteiger partial charge in [0.25, 0.3) is 0 Å². The van der Waals surface area contributed by atoms with Gasteiger partial charge < -0.3 is 10.2 Å². The van der Waals surface area contributed by atoms with E-state index < -0.39 is 11.9 Å². The molecule has 0 saturated carbocycles. The topological polar surface area (TPSA) is 74.6 Å². The number of rotatable bonds is 10. The maximum atomic E-state index is 11.2. The molecule has 0 aromatic carbocycles. The summed E-state index contributed by atoms with van der Waals surface area (Å²) in [5, 5.41) is 18.4. The predicted octanol–water partition coefficient (Wildman–Crippen LogP) is 3.86. The van der Waals surface area contributed by atoms with Crippen molar-refractivity contribution in [3.05, 3.63) is 11.1 Å². The fourth-order valence-corrected chi connectivity index (χ4v) is 2.01. The van der Waals surface area contributed by atoms with Crippen molar-refractivity contribution in [2.45, 2.75) is 65.7 Å². The van der Waals surface area contributed by atoms with Crippen LogP contribution in [0.2, 0.25) is 0 Å². The van der Waals surface area contributed by atoms with E-state index in [4.69, 9.17) is 0 Å². The smallest absolute Gasteiger partial charge is 0.332 e. The third-order valence-corrected chi connectivity index (χ3v) is 3.12. The Morgan fingerprint density at radius 1 is 0.895 bits per heavy atom. The Labute approximate surface area is 115 Å². The van der Waals surface area contributed by atoms with Gasteiger partial charge >= 0.3 is 11.9 Å². The van der Waals surface area contributed by atoms with E-state index in [0.29, 0.717) is 18.8 Å². The molecule has 19 heavy (non-hydrogen) atoms. The zero-order valence-corrected chi connectivity index (χ0v) is 12.2. The lowest BCUT2D eigenvalue weighted by Gasteiger charge is -2.10. The van der Waals surface area contributed by atoms with Crippen LogP contribution in [0.5, 0.6) is 0 Å². The van der Waals surface area contributed by atoms with Gasteiger partial charge in [-0.3, -0.25) is 0 Å². The van der Waals surface area contributed by atoms with Crippen LogP contribution in [0.1, 0.15) is 65.7 Å². The molecule has 0 aromatic heterocycles. The summed E-state index contributed by atoms with van der Waals surface area (Å²) in [5.41, 5.74) is 0.175. The molecule has 0 aliphatic heterocycles. The van der Waals surface area contributed by atoms with Gasteiger partial charge in [0.05, 0.1) is 0 Å². The van der Waals surface area contributed by atoms with Gasteiger partial charge in [0.2, 0.25) is 0 Å². The number of carboxylic acids is 2. The number of carbonyl (C=O) groups is 2. The molecule has 0 saturated heterocycles. The lowest BCUT2D eigenvalue weighted by atomic mass is 9.96. The fraction of sp³-hybridized carbons (Fsp3) is 0.733. The van der Waals surface area contributed by atoms with Crippen molar-refractivity contribution < 1.29 is 19.8 Å². The molecule has 0 amide bonds. The molecule has 0 unspecified atom stereocenters. The van der Waals surface area contributed by atoms with Gasteiger partial charge in [0.1, 0.15) is 0 Å². The van der Waals surface area contributed by atoms with E-state index in [0.717, 1.165) is 32.1 Å². The molecule has 110 valence electrons. The number of carboxylic acid groups (broad SMARTS) is 2. The molecule has 0 aromatic rings. The minimum atomic E-state index is -1.09. The van der Waals surface area contributed by atoms with E-state index in [-0.39, 0.29) is 11.1 Å². The van der Waals surface area contributed by atoms with Crippen molar-refractivity contribution in [3.63, 3.8) is 0 Å². The van der Waals surface area contributed by atoms with Crippen LogP contribution in [0.3, 0.4) is 0 Å². The molecular weight excluding hydrogens is 244 g/mol. The van der Waals surface area contributed by atoms with Gasteiger partial charge in [-0.25, -0.2) is 9.59 Å². The standard InChI is InChI=1S/C15H26O4/c1-4-5-6-9-12(14(16)17)13(15(18)19)10-7-8-11(2)3/h11H,4-10H2,1-3H3,(H,16,17)(H,18,19)/b13-12-. The van der Waals surface area contributed by atoms with E-state index in [1.54, 1.807) is 0 Å². The van der Waals surface area contributed by atoms with Gasteiger partial charge in [-0.2, -0.15) is 0 Å². The Morgan fingerprint density at radius 3 is 1.74 bits per heavy atom. The Kier molecular flexibility index (Phi) is 8.92. The second kappa shape index (κ2) is 9.59. The number of hydrogen-bond donors (Lipinski definition) is 2. The summed E-state index contributed by atoms with van der Waals surface area (Å²) in [6, 6.07) is 0. The molecule has 0 aliphatic carbocycles. The van der Waals surface area contributed by atoms with Crippen LogP contribution in [-0.2, 0) is 9.59 Å². The zero-order valence-electron chi connectivity index (χ0n) is 12.2. The van der Waals surface area contributed by atoms with Crippen molar-refractivity contribution in [1.29, 1.82) is 0 Å². The monoisotopic (exact) mass is 270 g/mol. The SMILES string of the molecule is CCCCC/C(C(=O)O)=C(\CCCC(C)C)C(=O)O. The summed E-state index contributed by atoms with van der Waals surface area (Å²) in [4.78, 5) is 22.4. The number of hydrogen-bond acceptors (Lipinski definition) is 2. The van der Waals surface area contributed by atoms with E-state index in [1.807, 2.05) is 6.92 Å². The van der Waals surface area contributed by atoms with Crippen molar-refractivity contribution in [2.24, 2.45) is 5.92 Å². The molecule has 2 N–H and O–H groups in total. The quantitative estimate of drug-likeness (QED) is 0.467. The Morgan fingerprint density at radius 2 is 1.37 bits per heavy atom. The molecule has 0 spiro atoms. The molecule has 0 atom stereocenters. The summed E-state index contributed by atoms with van der Waals surface area (Å²) >= 11 is 0. The van der Waals surface area contributed by atoms with Gasteiger partial charge in [0.15, 0.2) is 0 Å². The van der Waals surface area contributed by atoms with Crippen LogP contribution < -0.4 is 0 Å². The Bertz CT molecular complexity index is 329. The minimum absolute atomic E-state index is 0.0873. The van der Waals surface area contributed by atoms with Gasteiger partial charge in [-0.1, -0.05) is 40.0 Å². The van der Waals surface area contributed by atoms with Crippen molar-refractivity contribution in [3.8, 4) is 0 Å². The average molecular weight is 270 g/mol. The molecule has 0 fully saturated rings. The van der Waals surface area contributed by atoms with E-state index in [9.17, 15) is 19.8 Å². The largest absolute Gasteiger partial charge is 0.478 e. The van der Waals surface area contributed by atoms with Gasteiger partial charge in [0, 0.05) is 11.1 Å². The van der Waals surface area contributed by atoms with Crippen LogP contribution in [0.25, 0.3) is 0 Å². The van der Waals surface area contributed by atoms with Gasteiger partial charge in [-0.15, -0.1) is 0 Å². The Hall–Kier alpha value is -1.32. The highest BCUT2D eigenvalue weighted by molar-refractivity contribution is 5.98. The van der Waals surface area contributed by atoms with Crippen molar-refractivity contribution >= 4 is 11.9 Å². The molecule has 0 heterocycles. The fourth-order valence-electron chi connectivity index (χ4n) is 2.01. The first-order valence-corrected chi connectivity index (χ1v) is 7.08. The number of aliphatic carboxylic acids is 2. The van der Waals surface area contributed by atoms with Crippen LogP contribution in [0.4, 0.5) is 0 Å². The average Bonchev–Trinajstić information content (AvgIpc) is 2.30. The second-order valence-corrected chi connectivity index (χ2v) is 5.31. The highest BCUT2D eigenvalue weighted by Crippen LogP contribution is 2.20. The zero-order chi connectivity index (χ0) is 14.8. The summed E-state index contributed by atoms with van der Waals surface area (Å²) in [6.07, 6.45) is 4.99. The lowest BCUT2D eigenvalue weighted by Crippen LogP contribution is -2.12. The molecule has 0 bridgehead atoms. The van der Waals surface area contributed by atoms with Crippen LogP contribution in [0, 0.1) is 5.92 Å². The molecular formula is C15H26O4. The first kappa shape index (κ1) is 17.7. The molecule has 0 radical (unpaired) electrons. The van der Waals surface area contributed by atoms with E-state index >= 15 is 0 Å². The van der Waals surface area contributed by atoms with Crippen molar-refractivity contribution in [2.75, 3.05) is 0 Å². The first-order valence-electron chi connectivity index (χ1n) is 7.08. The highest BCUT2D eigenvalue weighted by atomic mass is 16.4. The third kappa shape index (κ3) is 7.65. The summed E-state index contributed by atoms with van der Waals surface area (Å²) in [6.45, 7) is 6.18. The molecule has 0 aliphatic rings. The first-order chi connectivity index (χ1) is 8.90. The third-order valence-electron chi connectivity index (χ3n) is 3.12. The molecule has 4 nitrogen and oxygen atoms in total. The maximum Gasteiger partial charge on any atom is 0.332 e. The van der Waals surface area contributed by atoms with Crippen LogP contribution >= 0.6 is 0 Å². The highest BCUT2D eigenvalue weighted by Gasteiger charge is 2.19. The normalized spacial score (nSPS) is 12.4. The minimum Gasteiger partial charge on any atom is -0.478 e. The van der Waals surface area contributed by atoms with Crippen LogP contribution in [0.15, 0.2) is 11.1 Å². The van der Waals surface area contributed by atoms with Crippen LogP contribution in [-0.4, -0.2) is 22.2 Å².